The fourth-order valence-corrected chi connectivity index (χ4v) is 3.63. The van der Waals surface area contributed by atoms with E-state index in [2.05, 4.69) is 15.1 Å². The molecular formula is C15H16N4O2S. The van der Waals surface area contributed by atoms with E-state index in [9.17, 15) is 0 Å². The Balaban J connectivity index is 1.51. The maximum atomic E-state index is 6.35. The van der Waals surface area contributed by atoms with Gasteiger partial charge in [-0.25, -0.2) is 4.98 Å². The van der Waals surface area contributed by atoms with Crippen LogP contribution in [0.1, 0.15) is 43.1 Å². The summed E-state index contributed by atoms with van der Waals surface area (Å²) in [7, 11) is 0. The molecule has 3 aromatic heterocycles. The molecule has 6 nitrogen and oxygen atoms in total. The molecule has 0 radical (unpaired) electrons. The molecule has 1 aliphatic rings. The molecular weight excluding hydrogens is 300 g/mol. The van der Waals surface area contributed by atoms with Crippen LogP contribution < -0.4 is 5.73 Å². The third kappa shape index (κ3) is 2.46. The molecule has 1 saturated carbocycles. The van der Waals surface area contributed by atoms with Gasteiger partial charge in [-0.15, -0.1) is 11.3 Å². The van der Waals surface area contributed by atoms with Gasteiger partial charge < -0.3 is 14.7 Å². The number of hydrogen-bond donors (Lipinski definition) is 1. The van der Waals surface area contributed by atoms with Gasteiger partial charge in [-0.3, -0.25) is 0 Å². The minimum absolute atomic E-state index is 0.411. The number of rotatable bonds is 4. The maximum absolute atomic E-state index is 6.35. The lowest BCUT2D eigenvalue weighted by Gasteiger charge is -2.17. The molecule has 0 atom stereocenters. The van der Waals surface area contributed by atoms with E-state index in [1.165, 1.54) is 0 Å². The summed E-state index contributed by atoms with van der Waals surface area (Å²) in [6.45, 7) is 0. The number of nitrogens with two attached hydrogens (primary N) is 1. The predicted molar refractivity (Wildman–Crippen MR) is 81.3 cm³/mol. The minimum atomic E-state index is -0.411. The second kappa shape index (κ2) is 5.33. The molecule has 114 valence electrons. The van der Waals surface area contributed by atoms with Gasteiger partial charge in [0.05, 0.1) is 23.9 Å². The van der Waals surface area contributed by atoms with Gasteiger partial charge in [-0.1, -0.05) is 18.0 Å². The lowest BCUT2D eigenvalue weighted by molar-refractivity contribution is 0.352. The highest BCUT2D eigenvalue weighted by Crippen LogP contribution is 2.34. The van der Waals surface area contributed by atoms with Crippen molar-refractivity contribution in [3.05, 3.63) is 41.4 Å². The highest BCUT2D eigenvalue weighted by atomic mass is 32.1. The molecule has 0 bridgehead atoms. The third-order valence-corrected chi connectivity index (χ3v) is 5.00. The lowest BCUT2D eigenvalue weighted by Crippen LogP contribution is -2.34. The Labute approximate surface area is 131 Å². The largest absolute Gasteiger partial charge is 0.472 e. The van der Waals surface area contributed by atoms with Crippen molar-refractivity contribution in [2.24, 2.45) is 5.73 Å². The highest BCUT2D eigenvalue weighted by molar-refractivity contribution is 7.13. The Kier molecular flexibility index (Phi) is 3.31. The second-order valence-electron chi connectivity index (χ2n) is 5.71. The second-order valence-corrected chi connectivity index (χ2v) is 6.57. The molecule has 3 heterocycles. The van der Waals surface area contributed by atoms with Crippen LogP contribution >= 0.6 is 11.3 Å². The van der Waals surface area contributed by atoms with Crippen molar-refractivity contribution < 1.29 is 8.94 Å². The summed E-state index contributed by atoms with van der Waals surface area (Å²) in [5.41, 5.74) is 7.83. The monoisotopic (exact) mass is 316 g/mol. The molecule has 0 amide bonds. The summed E-state index contributed by atoms with van der Waals surface area (Å²) < 4.78 is 10.4. The van der Waals surface area contributed by atoms with Crippen molar-refractivity contribution in [2.75, 3.05) is 0 Å². The van der Waals surface area contributed by atoms with E-state index in [1.54, 1.807) is 23.9 Å². The molecule has 0 unspecified atom stereocenters. The van der Waals surface area contributed by atoms with E-state index in [1.807, 2.05) is 11.4 Å². The molecule has 0 aromatic carbocycles. The zero-order valence-corrected chi connectivity index (χ0v) is 12.8. The van der Waals surface area contributed by atoms with Crippen LogP contribution in [0.15, 0.2) is 32.9 Å². The fourth-order valence-electron chi connectivity index (χ4n) is 2.82. The molecule has 3 aromatic rings. The van der Waals surface area contributed by atoms with Gasteiger partial charge in [-0.05, 0) is 18.9 Å². The Morgan fingerprint density at radius 1 is 1.27 bits per heavy atom. The average Bonchev–Trinajstić information content (AvgIpc) is 3.27. The molecule has 0 aliphatic heterocycles. The molecule has 1 fully saturated rings. The standard InChI is InChI=1S/C15H16N4O2S/c16-15(4-1-2-5-15)14-18-12(21-19-14)7-11-9-22-13(17-11)10-3-6-20-8-10/h3,6,8-9H,1-2,4-5,7,16H2. The van der Waals surface area contributed by atoms with Crippen molar-refractivity contribution in [3.63, 3.8) is 0 Å². The summed E-state index contributed by atoms with van der Waals surface area (Å²) in [4.78, 5) is 9.05. The zero-order chi connectivity index (χ0) is 15.0. The summed E-state index contributed by atoms with van der Waals surface area (Å²) in [5.74, 6) is 1.20. The van der Waals surface area contributed by atoms with Crippen molar-refractivity contribution in [2.45, 2.75) is 37.6 Å². The van der Waals surface area contributed by atoms with Crippen LogP contribution in [0.2, 0.25) is 0 Å². The van der Waals surface area contributed by atoms with Gasteiger partial charge in [0.15, 0.2) is 5.82 Å². The van der Waals surface area contributed by atoms with E-state index >= 15 is 0 Å². The van der Waals surface area contributed by atoms with Crippen LogP contribution in [0.4, 0.5) is 0 Å². The van der Waals surface area contributed by atoms with Gasteiger partial charge in [0.1, 0.15) is 11.3 Å². The molecule has 22 heavy (non-hydrogen) atoms. The van der Waals surface area contributed by atoms with Crippen LogP contribution in [0.25, 0.3) is 10.6 Å². The first-order valence-electron chi connectivity index (χ1n) is 7.32. The molecule has 7 heteroatoms. The number of thiazole rings is 1. The molecule has 4 rings (SSSR count). The zero-order valence-electron chi connectivity index (χ0n) is 12.0. The summed E-state index contributed by atoms with van der Waals surface area (Å²) in [6.07, 6.45) is 7.95. The van der Waals surface area contributed by atoms with Gasteiger partial charge in [-0.2, -0.15) is 4.98 Å². The quantitative estimate of drug-likeness (QED) is 0.795. The first-order chi connectivity index (χ1) is 10.7. The van der Waals surface area contributed by atoms with Gasteiger partial charge in [0.2, 0.25) is 5.89 Å². The number of furan rings is 1. The average molecular weight is 316 g/mol. The van der Waals surface area contributed by atoms with Crippen LogP contribution in [-0.4, -0.2) is 15.1 Å². The molecule has 0 saturated heterocycles. The lowest BCUT2D eigenvalue weighted by atomic mass is 9.99. The van der Waals surface area contributed by atoms with Gasteiger partial charge in [0, 0.05) is 10.9 Å². The van der Waals surface area contributed by atoms with E-state index in [0.717, 1.165) is 41.9 Å². The SMILES string of the molecule is NC1(c2noc(Cc3csc(-c4ccoc4)n3)n2)CCCC1. The Hall–Kier alpha value is -1.99. The summed E-state index contributed by atoms with van der Waals surface area (Å²) in [5, 5.41) is 7.00. The van der Waals surface area contributed by atoms with Gasteiger partial charge >= 0.3 is 0 Å². The smallest absolute Gasteiger partial charge is 0.232 e. The topological polar surface area (TPSA) is 91.0 Å². The van der Waals surface area contributed by atoms with E-state index in [-0.39, 0.29) is 0 Å². The summed E-state index contributed by atoms with van der Waals surface area (Å²) in [6, 6.07) is 1.89. The third-order valence-electron chi connectivity index (χ3n) is 4.06. The molecule has 2 N–H and O–H groups in total. The fraction of sp³-hybridized carbons (Fsp3) is 0.400. The van der Waals surface area contributed by atoms with E-state index in [0.29, 0.717) is 18.1 Å². The first kappa shape index (κ1) is 13.7. The van der Waals surface area contributed by atoms with Crippen molar-refractivity contribution in [1.29, 1.82) is 0 Å². The summed E-state index contributed by atoms with van der Waals surface area (Å²) >= 11 is 1.57. The minimum Gasteiger partial charge on any atom is -0.472 e. The Morgan fingerprint density at radius 3 is 2.91 bits per heavy atom. The predicted octanol–water partition coefficient (Wildman–Crippen LogP) is 3.10. The Bertz CT molecular complexity index is 756. The number of aromatic nitrogens is 3. The normalized spacial score (nSPS) is 17.1. The maximum Gasteiger partial charge on any atom is 0.232 e. The highest BCUT2D eigenvalue weighted by Gasteiger charge is 2.35. The van der Waals surface area contributed by atoms with Crippen molar-refractivity contribution >= 4 is 11.3 Å². The van der Waals surface area contributed by atoms with Crippen molar-refractivity contribution in [3.8, 4) is 10.6 Å². The van der Waals surface area contributed by atoms with Crippen LogP contribution in [-0.2, 0) is 12.0 Å². The van der Waals surface area contributed by atoms with Crippen LogP contribution in [0, 0.1) is 0 Å². The number of nitrogens with zero attached hydrogens (tertiary/aromatic N) is 3. The number of hydrogen-bond acceptors (Lipinski definition) is 7. The van der Waals surface area contributed by atoms with E-state index in [4.69, 9.17) is 14.7 Å². The first-order valence-corrected chi connectivity index (χ1v) is 8.20. The van der Waals surface area contributed by atoms with Crippen molar-refractivity contribution in [1.82, 2.24) is 15.1 Å². The Morgan fingerprint density at radius 2 is 2.14 bits per heavy atom. The van der Waals surface area contributed by atoms with E-state index < -0.39 is 5.54 Å². The molecule has 0 spiro atoms. The van der Waals surface area contributed by atoms with Crippen LogP contribution in [0.5, 0.6) is 0 Å². The molecule has 1 aliphatic carbocycles. The van der Waals surface area contributed by atoms with Crippen LogP contribution in [0.3, 0.4) is 0 Å². The van der Waals surface area contributed by atoms with Gasteiger partial charge in [0.25, 0.3) is 0 Å².